The minimum atomic E-state index is -0.124. The number of nitrogens with zero attached hydrogens (tertiary/aromatic N) is 2. The maximum Gasteiger partial charge on any atom is 0.137 e. The monoisotopic (exact) mass is 323 g/mol. The summed E-state index contributed by atoms with van der Waals surface area (Å²) in [6.45, 7) is 1.13. The molecule has 0 spiro atoms. The summed E-state index contributed by atoms with van der Waals surface area (Å²) >= 11 is 0. The average Bonchev–Trinajstić information content (AvgIpc) is 3.09. The Labute approximate surface area is 142 Å². The van der Waals surface area contributed by atoms with Gasteiger partial charge in [0.25, 0.3) is 0 Å². The maximum absolute atomic E-state index is 9.09. The zero-order chi connectivity index (χ0) is 16.9. The van der Waals surface area contributed by atoms with Crippen LogP contribution >= 0.6 is 0 Å². The maximum atomic E-state index is 9.09. The molecule has 0 bridgehead atoms. The molecule has 0 aliphatic carbocycles. The van der Waals surface area contributed by atoms with Crippen LogP contribution in [0.1, 0.15) is 17.4 Å². The van der Waals surface area contributed by atoms with Gasteiger partial charge < -0.3 is 14.4 Å². The number of rotatable bonds is 5. The van der Waals surface area contributed by atoms with Gasteiger partial charge in [0, 0.05) is 26.3 Å². The van der Waals surface area contributed by atoms with Crippen LogP contribution in [0, 0.1) is 11.3 Å². The number of nitrogens with one attached hydrogen (secondary N) is 1. The van der Waals surface area contributed by atoms with E-state index in [0.717, 1.165) is 17.8 Å². The van der Waals surface area contributed by atoms with E-state index in [9.17, 15) is 0 Å². The molecule has 5 nitrogen and oxygen atoms in total. The molecule has 1 N–H and O–H groups in total. The van der Waals surface area contributed by atoms with E-state index in [1.165, 1.54) is 0 Å². The normalized spacial score (nSPS) is 19.7. The van der Waals surface area contributed by atoms with Crippen molar-refractivity contribution >= 4 is 5.69 Å². The quantitative estimate of drug-likeness (QED) is 0.917. The van der Waals surface area contributed by atoms with Crippen LogP contribution < -0.4 is 15.0 Å². The second-order valence-electron chi connectivity index (χ2n) is 5.95. The summed E-state index contributed by atoms with van der Waals surface area (Å²) in [7, 11) is 4.04. The van der Waals surface area contributed by atoms with Crippen molar-refractivity contribution in [3.8, 4) is 11.8 Å². The van der Waals surface area contributed by atoms with Gasteiger partial charge in [-0.3, -0.25) is 5.32 Å². The summed E-state index contributed by atoms with van der Waals surface area (Å²) in [5.41, 5.74) is 2.80. The molecule has 2 atom stereocenters. The second-order valence-corrected chi connectivity index (χ2v) is 5.95. The molecular formula is C19H21N3O2. The van der Waals surface area contributed by atoms with E-state index in [-0.39, 0.29) is 12.3 Å². The molecule has 1 heterocycles. The summed E-state index contributed by atoms with van der Waals surface area (Å²) < 4.78 is 11.8. The van der Waals surface area contributed by atoms with Gasteiger partial charge in [-0.25, -0.2) is 0 Å². The zero-order valence-corrected chi connectivity index (χ0v) is 13.9. The van der Waals surface area contributed by atoms with Gasteiger partial charge >= 0.3 is 0 Å². The molecule has 0 radical (unpaired) electrons. The topological polar surface area (TPSA) is 57.5 Å². The van der Waals surface area contributed by atoms with E-state index in [0.29, 0.717) is 17.9 Å². The highest BCUT2D eigenvalue weighted by Crippen LogP contribution is 2.24. The molecular weight excluding hydrogens is 302 g/mol. The van der Waals surface area contributed by atoms with Crippen LogP contribution in [-0.2, 0) is 4.74 Å². The Morgan fingerprint density at radius 3 is 2.67 bits per heavy atom. The highest BCUT2D eigenvalue weighted by Gasteiger charge is 2.26. The molecule has 1 aliphatic rings. The summed E-state index contributed by atoms with van der Waals surface area (Å²) in [6.07, 6.45) is -0.170. The van der Waals surface area contributed by atoms with Crippen LogP contribution in [0.3, 0.4) is 0 Å². The van der Waals surface area contributed by atoms with E-state index >= 15 is 0 Å². The Hall–Kier alpha value is -2.55. The van der Waals surface area contributed by atoms with Gasteiger partial charge in [0.2, 0.25) is 0 Å². The Kier molecular flexibility index (Phi) is 4.99. The molecule has 0 saturated carbocycles. The smallest absolute Gasteiger partial charge is 0.137 e. The number of para-hydroxylation sites is 1. The minimum absolute atomic E-state index is 0.0460. The number of benzene rings is 2. The lowest BCUT2D eigenvalue weighted by molar-refractivity contribution is 0.0158. The first-order chi connectivity index (χ1) is 11.7. The van der Waals surface area contributed by atoms with Crippen molar-refractivity contribution in [3.63, 3.8) is 0 Å². The standard InChI is InChI=1S/C19H21N3O2/c1-22(2)16-9-7-14(8-10-16)19-21-12-17(24-19)13-23-18-6-4-3-5-15(18)11-20/h3-10,17,19,21H,12-13H2,1-2H3/t17-,19-/m1/s1. The van der Waals surface area contributed by atoms with Crippen LogP contribution in [0.25, 0.3) is 0 Å². The molecule has 3 rings (SSSR count). The van der Waals surface area contributed by atoms with Gasteiger partial charge in [-0.2, -0.15) is 5.26 Å². The van der Waals surface area contributed by atoms with Crippen LogP contribution in [-0.4, -0.2) is 33.4 Å². The van der Waals surface area contributed by atoms with E-state index in [1.54, 1.807) is 12.1 Å². The van der Waals surface area contributed by atoms with Gasteiger partial charge in [0.05, 0.1) is 5.56 Å². The third-order valence-electron chi connectivity index (χ3n) is 4.00. The molecule has 124 valence electrons. The highest BCUT2D eigenvalue weighted by atomic mass is 16.6. The molecule has 24 heavy (non-hydrogen) atoms. The van der Waals surface area contributed by atoms with Crippen molar-refractivity contribution in [2.24, 2.45) is 0 Å². The van der Waals surface area contributed by atoms with Crippen LogP contribution in [0.5, 0.6) is 5.75 Å². The fourth-order valence-electron chi connectivity index (χ4n) is 2.64. The van der Waals surface area contributed by atoms with Gasteiger partial charge in [-0.05, 0) is 29.8 Å². The van der Waals surface area contributed by atoms with Gasteiger partial charge in [0.15, 0.2) is 0 Å². The van der Waals surface area contributed by atoms with E-state index < -0.39 is 0 Å². The molecule has 1 fully saturated rings. The Morgan fingerprint density at radius 1 is 1.21 bits per heavy atom. The number of hydrogen-bond acceptors (Lipinski definition) is 5. The summed E-state index contributed by atoms with van der Waals surface area (Å²) in [6, 6.07) is 17.7. The average molecular weight is 323 g/mol. The predicted molar refractivity (Wildman–Crippen MR) is 93.0 cm³/mol. The minimum Gasteiger partial charge on any atom is -0.489 e. The molecule has 0 aromatic heterocycles. The number of ether oxygens (including phenoxy) is 2. The van der Waals surface area contributed by atoms with Crippen molar-refractivity contribution in [1.29, 1.82) is 5.26 Å². The van der Waals surface area contributed by atoms with Crippen LogP contribution in [0.4, 0.5) is 5.69 Å². The Balaban J connectivity index is 1.56. The van der Waals surface area contributed by atoms with Crippen molar-refractivity contribution in [2.45, 2.75) is 12.3 Å². The first-order valence-electron chi connectivity index (χ1n) is 7.95. The summed E-state index contributed by atoms with van der Waals surface area (Å²) in [4.78, 5) is 2.07. The second kappa shape index (κ2) is 7.35. The van der Waals surface area contributed by atoms with Crippen LogP contribution in [0.2, 0.25) is 0 Å². The molecule has 2 aromatic carbocycles. The van der Waals surface area contributed by atoms with Crippen LogP contribution in [0.15, 0.2) is 48.5 Å². The van der Waals surface area contributed by atoms with Crippen molar-refractivity contribution < 1.29 is 9.47 Å². The SMILES string of the molecule is CN(C)c1ccc([C@@H]2NC[C@H](COc3ccccc3C#N)O2)cc1. The van der Waals surface area contributed by atoms with Crippen molar-refractivity contribution in [1.82, 2.24) is 5.32 Å². The fraction of sp³-hybridized carbons (Fsp3) is 0.316. The van der Waals surface area contributed by atoms with Gasteiger partial charge in [-0.15, -0.1) is 0 Å². The number of hydrogen-bond donors (Lipinski definition) is 1. The third-order valence-corrected chi connectivity index (χ3v) is 4.00. The number of anilines is 1. The molecule has 0 unspecified atom stereocenters. The summed E-state index contributed by atoms with van der Waals surface area (Å²) in [5, 5.41) is 12.4. The van der Waals surface area contributed by atoms with E-state index in [2.05, 4.69) is 40.6 Å². The van der Waals surface area contributed by atoms with Crippen molar-refractivity contribution in [2.75, 3.05) is 32.1 Å². The van der Waals surface area contributed by atoms with Crippen molar-refractivity contribution in [3.05, 3.63) is 59.7 Å². The molecule has 5 heteroatoms. The highest BCUT2D eigenvalue weighted by molar-refractivity contribution is 5.46. The molecule has 0 amide bonds. The lowest BCUT2D eigenvalue weighted by atomic mass is 10.2. The van der Waals surface area contributed by atoms with Gasteiger partial charge in [0.1, 0.15) is 30.8 Å². The first-order valence-corrected chi connectivity index (χ1v) is 7.95. The molecule has 1 aliphatic heterocycles. The Bertz CT molecular complexity index is 722. The fourth-order valence-corrected chi connectivity index (χ4v) is 2.64. The van der Waals surface area contributed by atoms with Gasteiger partial charge in [-0.1, -0.05) is 24.3 Å². The Morgan fingerprint density at radius 2 is 1.96 bits per heavy atom. The predicted octanol–water partition coefficient (Wildman–Crippen LogP) is 2.69. The van der Waals surface area contributed by atoms with E-state index in [1.807, 2.05) is 26.2 Å². The molecule has 1 saturated heterocycles. The lowest BCUT2D eigenvalue weighted by Crippen LogP contribution is -2.22. The largest absolute Gasteiger partial charge is 0.489 e. The van der Waals surface area contributed by atoms with E-state index in [4.69, 9.17) is 14.7 Å². The number of nitriles is 1. The lowest BCUT2D eigenvalue weighted by Gasteiger charge is -2.16. The third kappa shape index (κ3) is 3.67. The summed E-state index contributed by atoms with van der Waals surface area (Å²) in [5.74, 6) is 0.599. The first kappa shape index (κ1) is 16.3. The molecule has 2 aromatic rings. The zero-order valence-electron chi connectivity index (χ0n) is 13.9.